The van der Waals surface area contributed by atoms with E-state index in [1.54, 1.807) is 0 Å². The maximum atomic E-state index is 13.2. The van der Waals surface area contributed by atoms with E-state index < -0.39 is 43.0 Å². The number of halogens is 1. The lowest BCUT2D eigenvalue weighted by Crippen LogP contribution is -2.49. The second-order valence-corrected chi connectivity index (χ2v) is 14.6. The first-order valence-corrected chi connectivity index (χ1v) is 19.4. The molecule has 1 aliphatic rings. The van der Waals surface area contributed by atoms with Gasteiger partial charge in [0.05, 0.1) is 12.7 Å². The molecular weight excluding hydrogens is 744 g/mol. The summed E-state index contributed by atoms with van der Waals surface area (Å²) in [4.78, 5) is 45.4. The molecule has 0 saturated carbocycles. The summed E-state index contributed by atoms with van der Waals surface area (Å²) in [6.07, 6.45) is 2.61. The fourth-order valence-electron chi connectivity index (χ4n) is 6.69. The number of aryl methyl sites for hydroxylation is 2. The molecule has 0 radical (unpaired) electrons. The Hall–Kier alpha value is -4.42. The number of hydrogen-bond acceptors (Lipinski definition) is 13. The predicted octanol–water partition coefficient (Wildman–Crippen LogP) is 1.41. The number of carbonyl (C=O) groups excluding carboxylic acids is 3. The molecule has 17 heteroatoms. The highest BCUT2D eigenvalue weighted by Crippen LogP contribution is 2.30. The van der Waals surface area contributed by atoms with Crippen molar-refractivity contribution in [3.63, 3.8) is 0 Å². The third kappa shape index (κ3) is 12.8. The Morgan fingerprint density at radius 1 is 0.821 bits per heavy atom. The van der Waals surface area contributed by atoms with E-state index in [0.29, 0.717) is 31.6 Å². The summed E-state index contributed by atoms with van der Waals surface area (Å²) >= 11 is 5.82. The van der Waals surface area contributed by atoms with Gasteiger partial charge in [-0.05, 0) is 111 Å². The maximum Gasteiger partial charge on any atom is 0.321 e. The van der Waals surface area contributed by atoms with Crippen LogP contribution < -0.4 is 32.7 Å². The smallest absolute Gasteiger partial charge is 0.321 e. The molecule has 56 heavy (non-hydrogen) atoms. The van der Waals surface area contributed by atoms with E-state index >= 15 is 0 Å². The van der Waals surface area contributed by atoms with Crippen LogP contribution in [0.3, 0.4) is 0 Å². The molecule has 16 nitrogen and oxygen atoms in total. The number of amides is 4. The zero-order chi connectivity index (χ0) is 40.8. The van der Waals surface area contributed by atoms with Crippen molar-refractivity contribution in [3.8, 4) is 0 Å². The van der Waals surface area contributed by atoms with E-state index in [0.717, 1.165) is 56.9 Å². The van der Waals surface area contributed by atoms with E-state index in [4.69, 9.17) is 28.2 Å². The van der Waals surface area contributed by atoms with Gasteiger partial charge in [-0.15, -0.1) is 0 Å². The molecule has 0 unspecified atom stereocenters. The fraction of sp³-hybridized carbons (Fsp3) is 0.513. The number of imide groups is 1. The lowest BCUT2D eigenvalue weighted by Gasteiger charge is -2.25. The molecular formula is C39H55ClN8O8. The monoisotopic (exact) mass is 798 g/mol. The van der Waals surface area contributed by atoms with Crippen LogP contribution in [-0.2, 0) is 36.9 Å². The number of carbonyl (C=O) groups is 3. The highest BCUT2D eigenvalue weighted by molar-refractivity contribution is 6.31. The first-order valence-electron chi connectivity index (χ1n) is 19.0. The van der Waals surface area contributed by atoms with Crippen molar-refractivity contribution >= 4 is 46.8 Å². The van der Waals surface area contributed by atoms with Crippen molar-refractivity contribution in [1.82, 2.24) is 25.9 Å². The molecule has 0 bridgehead atoms. The van der Waals surface area contributed by atoms with Crippen molar-refractivity contribution in [2.75, 3.05) is 43.0 Å². The molecule has 0 saturated heterocycles. The Bertz CT molecular complexity index is 1780. The van der Waals surface area contributed by atoms with Gasteiger partial charge in [0.15, 0.2) is 22.5 Å². The van der Waals surface area contributed by atoms with Crippen molar-refractivity contribution in [3.05, 3.63) is 75.1 Å². The summed E-state index contributed by atoms with van der Waals surface area (Å²) in [5.74, 6) is -1.48. The number of nitrogen functional groups attached to an aromatic ring is 2. The minimum absolute atomic E-state index is 0.0121. The zero-order valence-electron chi connectivity index (χ0n) is 31.6. The molecule has 0 aliphatic heterocycles. The number of unbranched alkanes of at least 4 members (excludes halogenated alkanes) is 1. The molecule has 1 heterocycles. The minimum atomic E-state index is -1.65. The number of nitrogens with zero attached hydrogens (tertiary/aromatic N) is 2. The molecule has 5 atom stereocenters. The van der Waals surface area contributed by atoms with Crippen LogP contribution in [0.2, 0.25) is 5.15 Å². The SMILES string of the molecule is C[C@@H](Cc1ccc(CCCCNC(=O)NC(=O)c2nc(Cl)c(N)nc2N)c2c1CCCC2)C(=O)Nc1ccc(CCCNC[C@H](O)[C@@H](O)[C@H](O)[C@H](O)CO)cc1. The average molecular weight is 799 g/mol. The Balaban J connectivity index is 1.18. The number of nitrogens with two attached hydrogens (primary N) is 2. The molecule has 0 fully saturated rings. The number of urea groups is 1. The topological polar surface area (TPSA) is 278 Å². The number of aliphatic hydroxyl groups excluding tert-OH is 5. The van der Waals surface area contributed by atoms with Crippen LogP contribution in [0, 0.1) is 5.92 Å². The van der Waals surface area contributed by atoms with Gasteiger partial charge in [0, 0.05) is 24.7 Å². The van der Waals surface area contributed by atoms with Crippen LogP contribution in [0.15, 0.2) is 36.4 Å². The lowest BCUT2D eigenvalue weighted by atomic mass is 9.81. The minimum Gasteiger partial charge on any atom is -0.394 e. The van der Waals surface area contributed by atoms with Gasteiger partial charge < -0.3 is 53.0 Å². The molecule has 1 aromatic heterocycles. The van der Waals surface area contributed by atoms with Gasteiger partial charge in [-0.1, -0.05) is 42.8 Å². The molecule has 306 valence electrons. The third-order valence-electron chi connectivity index (χ3n) is 9.93. The van der Waals surface area contributed by atoms with Gasteiger partial charge >= 0.3 is 6.03 Å². The Morgan fingerprint density at radius 2 is 1.48 bits per heavy atom. The van der Waals surface area contributed by atoms with Crippen LogP contribution in [0.25, 0.3) is 0 Å². The zero-order valence-corrected chi connectivity index (χ0v) is 32.4. The maximum absolute atomic E-state index is 13.2. The molecule has 4 rings (SSSR count). The molecule has 4 amide bonds. The summed E-state index contributed by atoms with van der Waals surface area (Å²) in [5.41, 5.74) is 17.9. The van der Waals surface area contributed by atoms with Gasteiger partial charge in [0.2, 0.25) is 5.91 Å². The number of fused-ring (bicyclic) bond motifs is 1. The van der Waals surface area contributed by atoms with Crippen LogP contribution in [0.4, 0.5) is 22.1 Å². The Labute approximate surface area is 331 Å². The predicted molar refractivity (Wildman–Crippen MR) is 213 cm³/mol. The van der Waals surface area contributed by atoms with Gasteiger partial charge in [0.25, 0.3) is 5.91 Å². The summed E-state index contributed by atoms with van der Waals surface area (Å²) in [6.45, 7) is 2.14. The Morgan fingerprint density at radius 3 is 2.18 bits per heavy atom. The molecule has 2 aromatic carbocycles. The fourth-order valence-corrected chi connectivity index (χ4v) is 6.82. The van der Waals surface area contributed by atoms with Gasteiger partial charge in [-0.25, -0.2) is 14.8 Å². The number of rotatable bonds is 20. The van der Waals surface area contributed by atoms with Crippen molar-refractivity contribution in [2.45, 2.75) is 95.5 Å². The van der Waals surface area contributed by atoms with E-state index in [9.17, 15) is 34.8 Å². The number of anilines is 3. The van der Waals surface area contributed by atoms with Crippen molar-refractivity contribution in [1.29, 1.82) is 0 Å². The van der Waals surface area contributed by atoms with Crippen LogP contribution in [0.5, 0.6) is 0 Å². The third-order valence-corrected chi connectivity index (χ3v) is 10.2. The van der Waals surface area contributed by atoms with Crippen LogP contribution in [-0.4, -0.2) is 104 Å². The summed E-state index contributed by atoms with van der Waals surface area (Å²) < 4.78 is 0. The number of nitrogens with one attached hydrogen (secondary N) is 4. The van der Waals surface area contributed by atoms with Crippen molar-refractivity contribution < 1.29 is 39.9 Å². The van der Waals surface area contributed by atoms with E-state index in [1.165, 1.54) is 22.3 Å². The van der Waals surface area contributed by atoms with E-state index in [-0.39, 0.29) is 40.9 Å². The molecule has 13 N–H and O–H groups in total. The number of aromatic nitrogens is 2. The molecule has 0 spiro atoms. The van der Waals surface area contributed by atoms with Crippen LogP contribution in [0.1, 0.15) is 77.3 Å². The second-order valence-electron chi connectivity index (χ2n) is 14.2. The lowest BCUT2D eigenvalue weighted by molar-refractivity contribution is -0.119. The van der Waals surface area contributed by atoms with Crippen molar-refractivity contribution in [2.24, 2.45) is 5.92 Å². The quantitative estimate of drug-likeness (QED) is 0.0723. The summed E-state index contributed by atoms with van der Waals surface area (Å²) in [5, 5.41) is 58.7. The normalized spacial score (nSPS) is 15.2. The standard InChI is InChI=1S/C39H55ClN8O8/c1-22(37(54)45-26-15-11-23(12-16-26)7-6-17-43-20-29(50)32(52)33(53)30(51)21-49)19-25-14-13-24(27-9-2-3-10-28(25)27)8-4-5-18-44-39(56)48-38(55)31-35(41)47-36(42)34(40)46-31/h11-16,22,29-30,32-33,43,49-53H,2-10,17-21H2,1H3,(H,45,54)(H4,41,42,47)(H2,44,48,55,56)/t22-,29-,30+,32+,33+/m0/s1. The summed E-state index contributed by atoms with van der Waals surface area (Å²) in [6, 6.07) is 11.3. The number of hydrogen-bond donors (Lipinski definition) is 11. The number of benzene rings is 2. The highest BCUT2D eigenvalue weighted by atomic mass is 35.5. The van der Waals surface area contributed by atoms with E-state index in [1.807, 2.05) is 31.2 Å². The first kappa shape index (κ1) is 44.3. The number of aliphatic hydroxyl groups is 5. The van der Waals surface area contributed by atoms with Gasteiger partial charge in [-0.3, -0.25) is 14.9 Å². The second kappa shape index (κ2) is 21.8. The molecule has 1 aliphatic carbocycles. The van der Waals surface area contributed by atoms with Gasteiger partial charge in [-0.2, -0.15) is 0 Å². The highest BCUT2D eigenvalue weighted by Gasteiger charge is 2.29. The van der Waals surface area contributed by atoms with Gasteiger partial charge in [0.1, 0.15) is 18.3 Å². The Kier molecular flexibility index (Phi) is 17.2. The first-order chi connectivity index (χ1) is 26.8. The summed E-state index contributed by atoms with van der Waals surface area (Å²) in [7, 11) is 0. The molecule has 3 aromatic rings. The largest absolute Gasteiger partial charge is 0.394 e. The van der Waals surface area contributed by atoms with Crippen LogP contribution >= 0.6 is 11.6 Å². The van der Waals surface area contributed by atoms with E-state index in [2.05, 4.69) is 43.4 Å². The average Bonchev–Trinajstić information content (AvgIpc) is 3.19.